The predicted octanol–water partition coefficient (Wildman–Crippen LogP) is 3.82. The van der Waals surface area contributed by atoms with E-state index in [2.05, 4.69) is 10.0 Å². The highest BCUT2D eigenvalue weighted by molar-refractivity contribution is 7.92. The Labute approximate surface area is 189 Å². The second-order valence-corrected chi connectivity index (χ2v) is 9.59. The topological polar surface area (TPSA) is 103 Å². The Balaban J connectivity index is 2.09. The fourth-order valence-electron chi connectivity index (χ4n) is 2.64. The van der Waals surface area contributed by atoms with E-state index in [0.29, 0.717) is 22.6 Å². The Morgan fingerprint density at radius 3 is 2.19 bits per heavy atom. The molecule has 2 rings (SSSR count). The molecule has 1 amide bonds. The second-order valence-electron chi connectivity index (χ2n) is 7.94. The highest BCUT2D eigenvalue weighted by Crippen LogP contribution is 2.20. The van der Waals surface area contributed by atoms with E-state index in [1.165, 1.54) is 13.2 Å². The standard InChI is InChI=1S/C23H30N2O6S/c1-23(2,3)31-22(26)24-16-19-14-21(30-5)11-8-18(19)12-13-32(27,28)25-15-17-6-9-20(29-4)10-7-17/h6-14,25H,15-16H2,1-5H3,(H,24,26)/b13-12+. The number of hydrogen-bond acceptors (Lipinski definition) is 6. The predicted molar refractivity (Wildman–Crippen MR) is 124 cm³/mol. The van der Waals surface area contributed by atoms with E-state index < -0.39 is 21.7 Å². The van der Waals surface area contributed by atoms with Gasteiger partial charge in [-0.15, -0.1) is 0 Å². The summed E-state index contributed by atoms with van der Waals surface area (Å²) in [7, 11) is -0.587. The average molecular weight is 463 g/mol. The van der Waals surface area contributed by atoms with E-state index in [1.54, 1.807) is 70.3 Å². The van der Waals surface area contributed by atoms with Crippen LogP contribution in [0.2, 0.25) is 0 Å². The van der Waals surface area contributed by atoms with Crippen LogP contribution in [0.4, 0.5) is 4.79 Å². The summed E-state index contributed by atoms with van der Waals surface area (Å²) in [5.41, 5.74) is 1.48. The average Bonchev–Trinajstić information content (AvgIpc) is 2.74. The summed E-state index contributed by atoms with van der Waals surface area (Å²) in [5, 5.41) is 3.77. The third-order valence-electron chi connectivity index (χ3n) is 4.24. The zero-order chi connectivity index (χ0) is 23.8. The van der Waals surface area contributed by atoms with Crippen molar-refractivity contribution in [1.29, 1.82) is 0 Å². The minimum Gasteiger partial charge on any atom is -0.497 e. The summed E-state index contributed by atoms with van der Waals surface area (Å²) in [5.74, 6) is 1.28. The van der Waals surface area contributed by atoms with Gasteiger partial charge in [-0.3, -0.25) is 0 Å². The fraction of sp³-hybridized carbons (Fsp3) is 0.348. The van der Waals surface area contributed by atoms with Gasteiger partial charge in [-0.25, -0.2) is 17.9 Å². The normalized spacial score (nSPS) is 11.9. The highest BCUT2D eigenvalue weighted by atomic mass is 32.2. The second kappa shape index (κ2) is 11.0. The molecule has 0 unspecified atom stereocenters. The van der Waals surface area contributed by atoms with Crippen molar-refractivity contribution in [2.24, 2.45) is 0 Å². The summed E-state index contributed by atoms with van der Waals surface area (Å²) in [6.45, 7) is 5.61. The van der Waals surface area contributed by atoms with Gasteiger partial charge in [-0.2, -0.15) is 0 Å². The first-order valence-electron chi connectivity index (χ1n) is 9.96. The van der Waals surface area contributed by atoms with Crippen LogP contribution < -0.4 is 19.5 Å². The van der Waals surface area contributed by atoms with Gasteiger partial charge < -0.3 is 19.5 Å². The first-order valence-corrected chi connectivity index (χ1v) is 11.5. The first-order chi connectivity index (χ1) is 15.0. The third-order valence-corrected chi connectivity index (χ3v) is 5.28. The van der Waals surface area contributed by atoms with Gasteiger partial charge in [0.05, 0.1) is 14.2 Å². The Kier molecular flexibility index (Phi) is 8.68. The van der Waals surface area contributed by atoms with Crippen LogP contribution in [0.25, 0.3) is 6.08 Å². The van der Waals surface area contributed by atoms with Gasteiger partial charge >= 0.3 is 6.09 Å². The lowest BCUT2D eigenvalue weighted by Crippen LogP contribution is -2.32. The van der Waals surface area contributed by atoms with Crippen molar-refractivity contribution >= 4 is 22.2 Å². The van der Waals surface area contributed by atoms with Gasteiger partial charge in [-0.05, 0) is 67.8 Å². The first kappa shape index (κ1) is 25.2. The molecule has 0 heterocycles. The molecule has 9 heteroatoms. The summed E-state index contributed by atoms with van der Waals surface area (Å²) >= 11 is 0. The fourth-order valence-corrected chi connectivity index (χ4v) is 3.43. The molecule has 2 aromatic carbocycles. The van der Waals surface area contributed by atoms with Crippen molar-refractivity contribution in [3.63, 3.8) is 0 Å². The maximum atomic E-state index is 12.4. The number of nitrogens with one attached hydrogen (secondary N) is 2. The lowest BCUT2D eigenvalue weighted by molar-refractivity contribution is 0.0523. The van der Waals surface area contributed by atoms with Gasteiger partial charge in [0.2, 0.25) is 10.0 Å². The quantitative estimate of drug-likeness (QED) is 0.587. The highest BCUT2D eigenvalue weighted by Gasteiger charge is 2.16. The molecule has 174 valence electrons. The van der Waals surface area contributed by atoms with Crippen molar-refractivity contribution in [3.8, 4) is 11.5 Å². The lowest BCUT2D eigenvalue weighted by Gasteiger charge is -2.20. The van der Waals surface area contributed by atoms with Crippen molar-refractivity contribution in [3.05, 3.63) is 64.6 Å². The molecular formula is C23H30N2O6S. The van der Waals surface area contributed by atoms with Crippen LogP contribution in [0, 0.1) is 0 Å². The summed E-state index contributed by atoms with van der Waals surface area (Å²) in [4.78, 5) is 12.0. The Morgan fingerprint density at radius 1 is 0.969 bits per heavy atom. The third kappa shape index (κ3) is 8.60. The van der Waals surface area contributed by atoms with E-state index >= 15 is 0 Å². The number of sulfonamides is 1. The Hall–Kier alpha value is -3.04. The molecule has 0 aliphatic carbocycles. The zero-order valence-electron chi connectivity index (χ0n) is 19.0. The van der Waals surface area contributed by atoms with E-state index in [-0.39, 0.29) is 13.1 Å². The van der Waals surface area contributed by atoms with Gasteiger partial charge in [0.1, 0.15) is 17.1 Å². The number of ether oxygens (including phenoxy) is 3. The van der Waals surface area contributed by atoms with Gasteiger partial charge in [0.25, 0.3) is 0 Å². The van der Waals surface area contributed by atoms with Gasteiger partial charge in [-0.1, -0.05) is 18.2 Å². The van der Waals surface area contributed by atoms with Gasteiger partial charge in [0, 0.05) is 18.5 Å². The molecule has 0 spiro atoms. The number of methoxy groups -OCH3 is 2. The molecule has 0 aliphatic rings. The number of rotatable bonds is 9. The van der Waals surface area contributed by atoms with Crippen LogP contribution in [0.5, 0.6) is 11.5 Å². The number of hydrogen-bond donors (Lipinski definition) is 2. The molecule has 0 aromatic heterocycles. The lowest BCUT2D eigenvalue weighted by atomic mass is 10.1. The van der Waals surface area contributed by atoms with Crippen molar-refractivity contribution in [2.45, 2.75) is 39.5 Å². The minimum absolute atomic E-state index is 0.144. The van der Waals surface area contributed by atoms with Crippen molar-refractivity contribution < 1.29 is 27.4 Å². The smallest absolute Gasteiger partial charge is 0.407 e. The molecule has 0 bridgehead atoms. The minimum atomic E-state index is -3.69. The van der Waals surface area contributed by atoms with Crippen LogP contribution in [0.15, 0.2) is 47.9 Å². The molecule has 0 atom stereocenters. The van der Waals surface area contributed by atoms with Crippen LogP contribution >= 0.6 is 0 Å². The number of amides is 1. The number of benzene rings is 2. The molecule has 2 N–H and O–H groups in total. The van der Waals surface area contributed by atoms with Crippen LogP contribution in [-0.2, 0) is 27.8 Å². The van der Waals surface area contributed by atoms with Crippen LogP contribution in [0.3, 0.4) is 0 Å². The largest absolute Gasteiger partial charge is 0.497 e. The molecule has 8 nitrogen and oxygen atoms in total. The number of alkyl carbamates (subject to hydrolysis) is 1. The molecule has 0 saturated carbocycles. The molecule has 32 heavy (non-hydrogen) atoms. The maximum Gasteiger partial charge on any atom is 0.407 e. The molecule has 0 saturated heterocycles. The molecular weight excluding hydrogens is 432 g/mol. The van der Waals surface area contributed by atoms with Crippen molar-refractivity contribution in [2.75, 3.05) is 14.2 Å². The van der Waals surface area contributed by atoms with Crippen molar-refractivity contribution in [1.82, 2.24) is 10.0 Å². The zero-order valence-corrected chi connectivity index (χ0v) is 19.8. The van der Waals surface area contributed by atoms with Gasteiger partial charge in [0.15, 0.2) is 0 Å². The Morgan fingerprint density at radius 2 is 1.59 bits per heavy atom. The summed E-state index contributed by atoms with van der Waals surface area (Å²) < 4.78 is 43.0. The van der Waals surface area contributed by atoms with E-state index in [4.69, 9.17) is 14.2 Å². The van der Waals surface area contributed by atoms with Crippen LogP contribution in [0.1, 0.15) is 37.5 Å². The molecule has 0 aliphatic heterocycles. The molecule has 2 aromatic rings. The summed E-state index contributed by atoms with van der Waals surface area (Å²) in [6.07, 6.45) is 0.908. The van der Waals surface area contributed by atoms with E-state index in [1.807, 2.05) is 0 Å². The number of carbonyl (C=O) groups is 1. The van der Waals surface area contributed by atoms with E-state index in [0.717, 1.165) is 11.0 Å². The van der Waals surface area contributed by atoms with E-state index in [9.17, 15) is 13.2 Å². The number of carbonyl (C=O) groups excluding carboxylic acids is 1. The Bertz CT molecular complexity index is 1040. The summed E-state index contributed by atoms with van der Waals surface area (Å²) in [6, 6.07) is 12.3. The SMILES string of the molecule is COc1ccc(CNS(=O)(=O)/C=C/c2ccc(OC)cc2CNC(=O)OC(C)(C)C)cc1. The molecule has 0 fully saturated rings. The molecule has 0 radical (unpaired) electrons. The van der Waals surface area contributed by atoms with Crippen LogP contribution in [-0.4, -0.2) is 34.3 Å². The maximum absolute atomic E-state index is 12.4. The monoisotopic (exact) mass is 462 g/mol.